The van der Waals surface area contributed by atoms with Gasteiger partial charge in [-0.1, -0.05) is 0 Å². The number of allylic oxidation sites excluding steroid dienone is 1. The lowest BCUT2D eigenvalue weighted by Gasteiger charge is -1.81. The van der Waals surface area contributed by atoms with Gasteiger partial charge in [-0.05, 0) is 28.5 Å². The molecule has 0 saturated carbocycles. The monoisotopic (exact) mass is 163 g/mol. The van der Waals surface area contributed by atoms with E-state index in [0.717, 1.165) is 5.56 Å². The quantitative estimate of drug-likeness (QED) is 0.379. The Morgan fingerprint density at radius 3 is 3.00 bits per heavy atom. The zero-order chi connectivity index (χ0) is 8.10. The van der Waals surface area contributed by atoms with Crippen LogP contribution in [0.15, 0.2) is 22.4 Å². The Bertz CT molecular complexity index is 305. The van der Waals surface area contributed by atoms with Gasteiger partial charge < -0.3 is 0 Å². The summed E-state index contributed by atoms with van der Waals surface area (Å²) in [6, 6.07) is 3.64. The van der Waals surface area contributed by atoms with Crippen molar-refractivity contribution in [2.24, 2.45) is 0 Å². The van der Waals surface area contributed by atoms with Crippen molar-refractivity contribution in [3.8, 4) is 6.07 Å². The minimum atomic E-state index is 0.156. The van der Waals surface area contributed by atoms with Gasteiger partial charge in [0.05, 0.1) is 5.57 Å². The van der Waals surface area contributed by atoms with Crippen LogP contribution in [0.3, 0.4) is 0 Å². The number of aldehydes is 1. The summed E-state index contributed by atoms with van der Waals surface area (Å²) in [7, 11) is 0. The van der Waals surface area contributed by atoms with E-state index < -0.39 is 0 Å². The van der Waals surface area contributed by atoms with Crippen LogP contribution in [0, 0.1) is 11.3 Å². The van der Waals surface area contributed by atoms with E-state index in [0.29, 0.717) is 6.29 Å². The maximum atomic E-state index is 10.2. The largest absolute Gasteiger partial charge is 0.297 e. The molecule has 0 fully saturated rings. The summed E-state index contributed by atoms with van der Waals surface area (Å²) >= 11 is 1.53. The average molecular weight is 163 g/mol. The molecule has 0 saturated heterocycles. The normalized spacial score (nSPS) is 10.6. The van der Waals surface area contributed by atoms with Crippen molar-refractivity contribution in [3.63, 3.8) is 0 Å². The lowest BCUT2D eigenvalue weighted by Crippen LogP contribution is -1.77. The number of carbonyl (C=O) groups is 1. The van der Waals surface area contributed by atoms with E-state index in [4.69, 9.17) is 5.26 Å². The first-order valence-corrected chi connectivity index (χ1v) is 3.90. The predicted octanol–water partition coefficient (Wildman–Crippen LogP) is 1.85. The van der Waals surface area contributed by atoms with Gasteiger partial charge in [-0.25, -0.2) is 0 Å². The standard InChI is InChI=1S/C8H5NOS/c9-4-8(5-10)3-7-1-2-11-6-7/h1-3,5-6H. The van der Waals surface area contributed by atoms with Gasteiger partial charge in [-0.2, -0.15) is 16.6 Å². The van der Waals surface area contributed by atoms with Gasteiger partial charge in [-0.3, -0.25) is 4.79 Å². The van der Waals surface area contributed by atoms with Gasteiger partial charge in [0.1, 0.15) is 6.07 Å². The highest BCUT2D eigenvalue weighted by molar-refractivity contribution is 7.08. The molecule has 54 valence electrons. The summed E-state index contributed by atoms with van der Waals surface area (Å²) in [5.74, 6) is 0. The molecular formula is C8H5NOS. The molecule has 1 aromatic heterocycles. The van der Waals surface area contributed by atoms with Crippen LogP contribution < -0.4 is 0 Å². The van der Waals surface area contributed by atoms with E-state index in [1.807, 2.05) is 16.8 Å². The van der Waals surface area contributed by atoms with E-state index >= 15 is 0 Å². The summed E-state index contributed by atoms with van der Waals surface area (Å²) < 4.78 is 0. The molecule has 0 aliphatic heterocycles. The van der Waals surface area contributed by atoms with Gasteiger partial charge in [0.15, 0.2) is 6.29 Å². The molecular weight excluding hydrogens is 158 g/mol. The summed E-state index contributed by atoms with van der Waals surface area (Å²) in [6.45, 7) is 0. The van der Waals surface area contributed by atoms with Crippen LogP contribution in [0.25, 0.3) is 6.08 Å². The molecule has 1 aromatic rings. The summed E-state index contributed by atoms with van der Waals surface area (Å²) in [6.07, 6.45) is 2.11. The Kier molecular flexibility index (Phi) is 2.59. The molecule has 0 radical (unpaired) electrons. The zero-order valence-electron chi connectivity index (χ0n) is 5.65. The highest BCUT2D eigenvalue weighted by Gasteiger charge is 1.92. The van der Waals surface area contributed by atoms with Crippen molar-refractivity contribution in [2.75, 3.05) is 0 Å². The topological polar surface area (TPSA) is 40.9 Å². The minimum absolute atomic E-state index is 0.156. The van der Waals surface area contributed by atoms with Gasteiger partial charge in [0, 0.05) is 0 Å². The third-order valence-corrected chi connectivity index (χ3v) is 1.82. The SMILES string of the molecule is N#CC(C=O)=Cc1ccsc1. The second-order valence-corrected chi connectivity index (χ2v) is 2.67. The molecule has 0 spiro atoms. The lowest BCUT2D eigenvalue weighted by molar-refractivity contribution is -0.104. The van der Waals surface area contributed by atoms with Crippen molar-refractivity contribution in [3.05, 3.63) is 28.0 Å². The first-order chi connectivity index (χ1) is 5.36. The molecule has 0 aromatic carbocycles. The van der Waals surface area contributed by atoms with Crippen LogP contribution in [0.4, 0.5) is 0 Å². The average Bonchev–Trinajstić information content (AvgIpc) is 2.52. The highest BCUT2D eigenvalue weighted by atomic mass is 32.1. The van der Waals surface area contributed by atoms with Crippen molar-refractivity contribution in [1.82, 2.24) is 0 Å². The van der Waals surface area contributed by atoms with Crippen LogP contribution in [-0.4, -0.2) is 6.29 Å². The molecule has 0 aliphatic carbocycles. The summed E-state index contributed by atoms with van der Waals surface area (Å²) in [4.78, 5) is 10.2. The fourth-order valence-corrected chi connectivity index (χ4v) is 1.25. The van der Waals surface area contributed by atoms with Gasteiger partial charge >= 0.3 is 0 Å². The first-order valence-electron chi connectivity index (χ1n) is 2.96. The van der Waals surface area contributed by atoms with Crippen LogP contribution in [-0.2, 0) is 4.79 Å². The van der Waals surface area contributed by atoms with Crippen molar-refractivity contribution < 1.29 is 4.79 Å². The molecule has 3 heteroatoms. The molecule has 0 amide bonds. The highest BCUT2D eigenvalue weighted by Crippen LogP contribution is 2.09. The Labute approximate surface area is 68.4 Å². The number of carbonyl (C=O) groups excluding carboxylic acids is 1. The molecule has 1 rings (SSSR count). The number of nitriles is 1. The van der Waals surface area contributed by atoms with Gasteiger partial charge in [0.25, 0.3) is 0 Å². The van der Waals surface area contributed by atoms with Crippen molar-refractivity contribution in [1.29, 1.82) is 5.26 Å². The zero-order valence-corrected chi connectivity index (χ0v) is 6.47. The Balaban J connectivity index is 2.90. The molecule has 0 aliphatic rings. The Morgan fingerprint density at radius 2 is 2.55 bits per heavy atom. The Hall–Kier alpha value is -1.40. The Morgan fingerprint density at radius 1 is 1.73 bits per heavy atom. The number of rotatable bonds is 2. The summed E-state index contributed by atoms with van der Waals surface area (Å²) in [5, 5.41) is 12.1. The fraction of sp³-hybridized carbons (Fsp3) is 0. The minimum Gasteiger partial charge on any atom is -0.297 e. The number of hydrogen-bond donors (Lipinski definition) is 0. The maximum absolute atomic E-state index is 10.2. The third kappa shape index (κ3) is 2.03. The van der Waals surface area contributed by atoms with Crippen LogP contribution in [0.1, 0.15) is 5.56 Å². The molecule has 1 heterocycles. The predicted molar refractivity (Wildman–Crippen MR) is 44.0 cm³/mol. The fourth-order valence-electron chi connectivity index (χ4n) is 0.629. The number of nitrogens with zero attached hydrogens (tertiary/aromatic N) is 1. The molecule has 2 nitrogen and oxygen atoms in total. The first kappa shape index (κ1) is 7.70. The molecule has 0 bridgehead atoms. The van der Waals surface area contributed by atoms with Gasteiger partial charge in [-0.15, -0.1) is 0 Å². The van der Waals surface area contributed by atoms with Crippen LogP contribution >= 0.6 is 11.3 Å². The maximum Gasteiger partial charge on any atom is 0.160 e. The van der Waals surface area contributed by atoms with E-state index in [1.165, 1.54) is 11.3 Å². The third-order valence-electron chi connectivity index (χ3n) is 1.12. The van der Waals surface area contributed by atoms with E-state index in [2.05, 4.69) is 0 Å². The number of thiophene rings is 1. The molecule has 0 atom stereocenters. The molecule has 0 N–H and O–H groups in total. The van der Waals surface area contributed by atoms with Crippen LogP contribution in [0.5, 0.6) is 0 Å². The second kappa shape index (κ2) is 3.69. The smallest absolute Gasteiger partial charge is 0.160 e. The van der Waals surface area contributed by atoms with Crippen LogP contribution in [0.2, 0.25) is 0 Å². The lowest BCUT2D eigenvalue weighted by atomic mass is 10.2. The number of hydrogen-bond acceptors (Lipinski definition) is 3. The molecule has 11 heavy (non-hydrogen) atoms. The van der Waals surface area contributed by atoms with E-state index in [1.54, 1.807) is 12.1 Å². The van der Waals surface area contributed by atoms with E-state index in [-0.39, 0.29) is 5.57 Å². The van der Waals surface area contributed by atoms with Crippen molar-refractivity contribution in [2.45, 2.75) is 0 Å². The summed E-state index contributed by atoms with van der Waals surface area (Å²) in [5.41, 5.74) is 1.06. The molecule has 0 unspecified atom stereocenters. The second-order valence-electron chi connectivity index (χ2n) is 1.89. The van der Waals surface area contributed by atoms with E-state index in [9.17, 15) is 4.79 Å². The van der Waals surface area contributed by atoms with Crippen molar-refractivity contribution >= 4 is 23.7 Å². The van der Waals surface area contributed by atoms with Gasteiger partial charge in [0.2, 0.25) is 0 Å².